The predicted molar refractivity (Wildman–Crippen MR) is 150 cm³/mol. The Morgan fingerprint density at radius 2 is 0.925 bits per heavy atom. The fourth-order valence-electron chi connectivity index (χ4n) is 3.82. The zero-order chi connectivity index (χ0) is 28.7. The van der Waals surface area contributed by atoms with Gasteiger partial charge in [0.2, 0.25) is 11.6 Å². The fourth-order valence-corrected chi connectivity index (χ4v) is 3.82. The number of benzene rings is 3. The van der Waals surface area contributed by atoms with Crippen molar-refractivity contribution in [2.75, 3.05) is 13.2 Å². The Labute approximate surface area is 234 Å². The SMILES string of the molecule is CCCCCCOc1ccc(C#Cc2ccc(C#Cc3c(F)c(F)c(OCCCCCC)c(F)c3F)cc2)cc1. The molecule has 0 radical (unpaired) electrons. The molecule has 6 heteroatoms. The first kappa shape index (κ1) is 30.6. The van der Waals surface area contributed by atoms with Crippen LogP contribution in [0.5, 0.6) is 11.5 Å². The van der Waals surface area contributed by atoms with Gasteiger partial charge < -0.3 is 9.47 Å². The van der Waals surface area contributed by atoms with Crippen molar-refractivity contribution in [3.63, 3.8) is 0 Å². The summed E-state index contributed by atoms with van der Waals surface area (Å²) in [5.74, 6) is 4.30. The highest BCUT2D eigenvalue weighted by atomic mass is 19.2. The van der Waals surface area contributed by atoms with E-state index in [9.17, 15) is 17.6 Å². The molecule has 3 aromatic rings. The Morgan fingerprint density at radius 3 is 1.40 bits per heavy atom. The molecule has 0 bridgehead atoms. The Hall–Kier alpha value is -3.90. The predicted octanol–water partition coefficient (Wildman–Crippen LogP) is 8.96. The van der Waals surface area contributed by atoms with Crippen molar-refractivity contribution >= 4 is 0 Å². The highest BCUT2D eigenvalue weighted by Crippen LogP contribution is 2.30. The van der Waals surface area contributed by atoms with Crippen molar-refractivity contribution in [2.24, 2.45) is 0 Å². The minimum absolute atomic E-state index is 0.0358. The van der Waals surface area contributed by atoms with Gasteiger partial charge in [-0.25, -0.2) is 8.78 Å². The van der Waals surface area contributed by atoms with Gasteiger partial charge in [0.05, 0.1) is 13.2 Å². The van der Waals surface area contributed by atoms with Crippen LogP contribution in [0.2, 0.25) is 0 Å². The molecule has 0 heterocycles. The molecule has 3 rings (SSSR count). The average Bonchev–Trinajstić information content (AvgIpc) is 2.97. The molecular weight excluding hydrogens is 516 g/mol. The molecule has 0 aromatic heterocycles. The molecule has 2 nitrogen and oxygen atoms in total. The third kappa shape index (κ3) is 9.09. The van der Waals surface area contributed by atoms with E-state index in [2.05, 4.69) is 30.6 Å². The minimum atomic E-state index is -1.59. The first-order chi connectivity index (χ1) is 19.4. The Morgan fingerprint density at radius 1 is 0.500 bits per heavy atom. The fraction of sp³-hybridized carbons (Fsp3) is 0.353. The van der Waals surface area contributed by atoms with Crippen molar-refractivity contribution < 1.29 is 27.0 Å². The smallest absolute Gasteiger partial charge is 0.205 e. The van der Waals surface area contributed by atoms with Gasteiger partial charge in [-0.05, 0) is 61.4 Å². The average molecular weight is 551 g/mol. The molecule has 0 saturated heterocycles. The van der Waals surface area contributed by atoms with Crippen LogP contribution in [0.1, 0.15) is 87.5 Å². The van der Waals surface area contributed by atoms with E-state index in [4.69, 9.17) is 9.47 Å². The van der Waals surface area contributed by atoms with Crippen LogP contribution in [0.4, 0.5) is 17.6 Å². The first-order valence-corrected chi connectivity index (χ1v) is 13.8. The van der Waals surface area contributed by atoms with Crippen LogP contribution in [0.15, 0.2) is 48.5 Å². The van der Waals surface area contributed by atoms with Gasteiger partial charge in [-0.15, -0.1) is 0 Å². The molecule has 0 saturated carbocycles. The van der Waals surface area contributed by atoms with Crippen molar-refractivity contribution in [1.82, 2.24) is 0 Å². The molecular formula is C34H34F4O2. The van der Waals surface area contributed by atoms with Crippen LogP contribution in [0.3, 0.4) is 0 Å². The highest BCUT2D eigenvalue weighted by molar-refractivity contribution is 5.50. The Bertz CT molecular complexity index is 1330. The van der Waals surface area contributed by atoms with E-state index in [0.717, 1.165) is 43.4 Å². The van der Waals surface area contributed by atoms with Gasteiger partial charge in [0.25, 0.3) is 0 Å². The number of rotatable bonds is 12. The van der Waals surface area contributed by atoms with Crippen molar-refractivity contribution in [2.45, 2.75) is 65.2 Å². The lowest BCUT2D eigenvalue weighted by Crippen LogP contribution is -2.08. The molecule has 3 aromatic carbocycles. The van der Waals surface area contributed by atoms with Crippen LogP contribution in [0, 0.1) is 47.0 Å². The van der Waals surface area contributed by atoms with Crippen LogP contribution < -0.4 is 9.47 Å². The minimum Gasteiger partial charge on any atom is -0.494 e. The molecule has 0 amide bonds. The third-order valence-electron chi connectivity index (χ3n) is 6.16. The normalized spacial score (nSPS) is 10.3. The number of unbranched alkanes of at least 4 members (excludes halogenated alkanes) is 6. The van der Waals surface area contributed by atoms with Crippen molar-refractivity contribution in [1.29, 1.82) is 0 Å². The van der Waals surface area contributed by atoms with E-state index in [0.29, 0.717) is 24.2 Å². The quantitative estimate of drug-likeness (QED) is 0.0970. The Kier molecular flexibility index (Phi) is 12.5. The molecule has 40 heavy (non-hydrogen) atoms. The summed E-state index contributed by atoms with van der Waals surface area (Å²) in [4.78, 5) is 0. The standard InChI is InChI=1S/C34H34F4O2/c1-3-5-7-9-23-39-28-20-17-27(18-21-28)16-13-25-11-14-26(15-12-25)19-22-29-30(35)32(37)34(33(38)31(29)36)40-24-10-8-6-4-2/h11-12,14-15,17-18,20-21H,3-10,23-24H2,1-2H3. The van der Waals surface area contributed by atoms with Crippen LogP contribution in [0.25, 0.3) is 0 Å². The summed E-state index contributed by atoms with van der Waals surface area (Å²) in [6.45, 7) is 4.85. The molecule has 0 atom stereocenters. The number of hydrogen-bond donors (Lipinski definition) is 0. The van der Waals surface area contributed by atoms with Gasteiger partial charge in [0.15, 0.2) is 17.4 Å². The lowest BCUT2D eigenvalue weighted by Gasteiger charge is -2.10. The molecule has 0 fully saturated rings. The second-order valence-corrected chi connectivity index (χ2v) is 9.38. The lowest BCUT2D eigenvalue weighted by atomic mass is 10.1. The Balaban J connectivity index is 1.63. The van der Waals surface area contributed by atoms with Gasteiger partial charge in [0, 0.05) is 16.7 Å². The molecule has 0 aliphatic heterocycles. The summed E-state index contributed by atoms with van der Waals surface area (Å²) in [6.07, 6.45) is 7.83. The van der Waals surface area contributed by atoms with E-state index >= 15 is 0 Å². The van der Waals surface area contributed by atoms with E-state index < -0.39 is 34.6 Å². The maximum Gasteiger partial charge on any atom is 0.205 e. The molecule has 0 unspecified atom stereocenters. The maximum atomic E-state index is 14.5. The van der Waals surface area contributed by atoms with Gasteiger partial charge >= 0.3 is 0 Å². The summed E-state index contributed by atoms with van der Waals surface area (Å²) in [6, 6.07) is 14.2. The lowest BCUT2D eigenvalue weighted by molar-refractivity contribution is 0.263. The number of ether oxygens (including phenoxy) is 2. The number of hydrogen-bond acceptors (Lipinski definition) is 2. The topological polar surface area (TPSA) is 18.5 Å². The van der Waals surface area contributed by atoms with E-state index in [1.54, 1.807) is 24.3 Å². The molecule has 0 aliphatic rings. The van der Waals surface area contributed by atoms with Crippen LogP contribution in [-0.4, -0.2) is 13.2 Å². The molecule has 0 aliphatic carbocycles. The van der Waals surface area contributed by atoms with Crippen LogP contribution >= 0.6 is 0 Å². The second kappa shape index (κ2) is 16.3. The summed E-state index contributed by atoms with van der Waals surface area (Å²) >= 11 is 0. The van der Waals surface area contributed by atoms with E-state index in [-0.39, 0.29) is 6.61 Å². The van der Waals surface area contributed by atoms with Crippen molar-refractivity contribution in [3.8, 4) is 35.2 Å². The van der Waals surface area contributed by atoms with Gasteiger partial charge in [-0.1, -0.05) is 76.1 Å². The zero-order valence-electron chi connectivity index (χ0n) is 23.0. The zero-order valence-corrected chi connectivity index (χ0v) is 23.0. The summed E-state index contributed by atoms with van der Waals surface area (Å²) in [5, 5.41) is 0. The molecule has 0 spiro atoms. The first-order valence-electron chi connectivity index (χ1n) is 13.8. The second-order valence-electron chi connectivity index (χ2n) is 9.38. The molecule has 210 valence electrons. The summed E-state index contributed by atoms with van der Waals surface area (Å²) in [5.41, 5.74) is 0.953. The number of halogens is 4. The van der Waals surface area contributed by atoms with Crippen LogP contribution in [-0.2, 0) is 0 Å². The monoisotopic (exact) mass is 550 g/mol. The van der Waals surface area contributed by atoms with Gasteiger partial charge in [-0.3, -0.25) is 0 Å². The van der Waals surface area contributed by atoms with Crippen molar-refractivity contribution in [3.05, 3.63) is 94.1 Å². The summed E-state index contributed by atoms with van der Waals surface area (Å²) < 4.78 is 68.6. The van der Waals surface area contributed by atoms with Gasteiger partial charge in [0.1, 0.15) is 11.3 Å². The molecule has 0 N–H and O–H groups in total. The van der Waals surface area contributed by atoms with E-state index in [1.807, 2.05) is 31.2 Å². The van der Waals surface area contributed by atoms with E-state index in [1.165, 1.54) is 12.8 Å². The third-order valence-corrected chi connectivity index (χ3v) is 6.16. The maximum absolute atomic E-state index is 14.5. The summed E-state index contributed by atoms with van der Waals surface area (Å²) in [7, 11) is 0. The van der Waals surface area contributed by atoms with Gasteiger partial charge in [-0.2, -0.15) is 8.78 Å². The highest BCUT2D eigenvalue weighted by Gasteiger charge is 2.25. The largest absolute Gasteiger partial charge is 0.494 e.